The molecule has 0 rings (SSSR count). The van der Waals surface area contributed by atoms with Crippen LogP contribution in [-0.2, 0) is 28.6 Å². The van der Waals surface area contributed by atoms with Crippen LogP contribution in [0.25, 0.3) is 0 Å². The highest BCUT2D eigenvalue weighted by Crippen LogP contribution is 2.19. The Bertz CT molecular complexity index is 1060. The van der Waals surface area contributed by atoms with Crippen LogP contribution in [0.1, 0.15) is 356 Å². The van der Waals surface area contributed by atoms with E-state index in [1.54, 1.807) is 0 Å². The lowest BCUT2D eigenvalue weighted by Gasteiger charge is -2.18. The topological polar surface area (TPSA) is 78.9 Å². The number of esters is 3. The van der Waals surface area contributed by atoms with Gasteiger partial charge in [0.05, 0.1) is 0 Å². The van der Waals surface area contributed by atoms with E-state index in [0.717, 1.165) is 69.6 Å². The first-order valence-electron chi connectivity index (χ1n) is 31.3. The molecule has 410 valence electrons. The molecule has 0 heterocycles. The number of carbonyl (C=O) groups excluding carboxylic acids is 3. The van der Waals surface area contributed by atoms with Gasteiger partial charge in [0, 0.05) is 19.3 Å². The van der Waals surface area contributed by atoms with Crippen molar-refractivity contribution in [1.82, 2.24) is 0 Å². The van der Waals surface area contributed by atoms with E-state index in [2.05, 4.69) is 34.6 Å². The molecule has 6 nitrogen and oxygen atoms in total. The Morgan fingerprint density at radius 1 is 0.290 bits per heavy atom. The predicted molar refractivity (Wildman–Crippen MR) is 298 cm³/mol. The predicted octanol–water partition coefficient (Wildman–Crippen LogP) is 20.8. The van der Waals surface area contributed by atoms with Crippen molar-refractivity contribution >= 4 is 17.9 Å². The summed E-state index contributed by atoms with van der Waals surface area (Å²) in [6.07, 6.45) is 60.9. The minimum atomic E-state index is -0.763. The van der Waals surface area contributed by atoms with Crippen molar-refractivity contribution in [1.29, 1.82) is 0 Å². The molecule has 0 aromatic heterocycles. The van der Waals surface area contributed by atoms with E-state index < -0.39 is 6.10 Å². The van der Waals surface area contributed by atoms with Gasteiger partial charge in [0.25, 0.3) is 0 Å². The maximum absolute atomic E-state index is 12.9. The van der Waals surface area contributed by atoms with Crippen LogP contribution < -0.4 is 0 Å². The lowest BCUT2D eigenvalue weighted by atomic mass is 9.99. The third-order valence-corrected chi connectivity index (χ3v) is 15.2. The third-order valence-electron chi connectivity index (χ3n) is 15.2. The van der Waals surface area contributed by atoms with Crippen LogP contribution in [0.2, 0.25) is 0 Å². The van der Waals surface area contributed by atoms with Gasteiger partial charge in [0.15, 0.2) is 6.10 Å². The van der Waals surface area contributed by atoms with E-state index in [9.17, 15) is 14.4 Å². The lowest BCUT2D eigenvalue weighted by Crippen LogP contribution is -2.30. The lowest BCUT2D eigenvalue weighted by molar-refractivity contribution is -0.167. The largest absolute Gasteiger partial charge is 0.462 e. The van der Waals surface area contributed by atoms with Gasteiger partial charge in [-0.2, -0.15) is 0 Å². The van der Waals surface area contributed by atoms with Gasteiger partial charge in [0.1, 0.15) is 13.2 Å². The van der Waals surface area contributed by atoms with E-state index in [1.807, 2.05) is 0 Å². The normalized spacial score (nSPS) is 12.8. The Morgan fingerprint density at radius 2 is 0.507 bits per heavy atom. The Hall–Kier alpha value is -1.59. The first kappa shape index (κ1) is 67.4. The highest BCUT2D eigenvalue weighted by molar-refractivity contribution is 5.71. The van der Waals surface area contributed by atoms with Gasteiger partial charge in [-0.05, 0) is 31.1 Å². The summed E-state index contributed by atoms with van der Waals surface area (Å²) in [5, 5.41) is 0. The molecule has 0 spiro atoms. The molecule has 0 fully saturated rings. The maximum atomic E-state index is 12.9. The van der Waals surface area contributed by atoms with Crippen LogP contribution in [0, 0.1) is 11.8 Å². The summed E-state index contributed by atoms with van der Waals surface area (Å²) in [4.78, 5) is 38.2. The molecule has 0 aliphatic carbocycles. The second-order valence-corrected chi connectivity index (χ2v) is 22.2. The second kappa shape index (κ2) is 55.7. The molecule has 0 aromatic carbocycles. The van der Waals surface area contributed by atoms with E-state index in [4.69, 9.17) is 14.2 Å². The smallest absolute Gasteiger partial charge is 0.306 e. The van der Waals surface area contributed by atoms with Crippen molar-refractivity contribution < 1.29 is 28.6 Å². The standard InChI is InChI=1S/C63H122O6/c1-6-9-10-11-12-13-14-15-20-24-27-33-38-43-48-53-61(64)67-56-60(57-68-62(65)54-49-44-39-34-30-29-32-37-42-47-52-59(5)8-3)69-63(66)55-50-45-40-35-28-25-22-19-17-16-18-21-23-26-31-36-41-46-51-58(4)7-2/h58-60H,6-57H2,1-5H3/t58?,59?,60-/m1/s1. The van der Waals surface area contributed by atoms with Gasteiger partial charge in [-0.25, -0.2) is 0 Å². The average Bonchev–Trinajstić information content (AvgIpc) is 3.35. The summed E-state index contributed by atoms with van der Waals surface area (Å²) in [6.45, 7) is 11.5. The molecule has 3 atom stereocenters. The molecule has 0 radical (unpaired) electrons. The van der Waals surface area contributed by atoms with Gasteiger partial charge >= 0.3 is 17.9 Å². The number of unbranched alkanes of at least 4 members (excludes halogenated alkanes) is 40. The van der Waals surface area contributed by atoms with Crippen LogP contribution >= 0.6 is 0 Å². The molecule has 0 saturated heterocycles. The van der Waals surface area contributed by atoms with Crippen LogP contribution in [0.3, 0.4) is 0 Å². The minimum absolute atomic E-state index is 0.0622. The third kappa shape index (κ3) is 54.0. The SMILES string of the molecule is CCCCCCCCCCCCCCCCCC(=O)OC[C@H](COC(=O)CCCCCCCCCCCCC(C)CC)OC(=O)CCCCCCCCCCCCCCCCCCCCC(C)CC. The number of hydrogen-bond acceptors (Lipinski definition) is 6. The second-order valence-electron chi connectivity index (χ2n) is 22.2. The maximum Gasteiger partial charge on any atom is 0.306 e. The van der Waals surface area contributed by atoms with Crippen molar-refractivity contribution in [2.75, 3.05) is 13.2 Å². The van der Waals surface area contributed by atoms with Crippen LogP contribution in [0.5, 0.6) is 0 Å². The molecule has 0 aliphatic rings. The van der Waals surface area contributed by atoms with Gasteiger partial charge in [-0.3, -0.25) is 14.4 Å². The Balaban J connectivity index is 4.26. The summed E-state index contributed by atoms with van der Waals surface area (Å²) >= 11 is 0. The fourth-order valence-electron chi connectivity index (χ4n) is 9.69. The van der Waals surface area contributed by atoms with Crippen LogP contribution in [0.4, 0.5) is 0 Å². The first-order valence-corrected chi connectivity index (χ1v) is 31.3. The fraction of sp³-hybridized carbons (Fsp3) is 0.952. The Kier molecular flexibility index (Phi) is 54.4. The number of carbonyl (C=O) groups is 3. The zero-order chi connectivity index (χ0) is 50.4. The molecular weight excluding hydrogens is 853 g/mol. The summed E-state index contributed by atoms with van der Waals surface area (Å²) in [5.74, 6) is 0.945. The average molecular weight is 976 g/mol. The van der Waals surface area contributed by atoms with Crippen molar-refractivity contribution in [3.8, 4) is 0 Å². The van der Waals surface area contributed by atoms with Crippen molar-refractivity contribution in [3.63, 3.8) is 0 Å². The molecule has 0 saturated carbocycles. The Labute approximate surface area is 431 Å². The van der Waals surface area contributed by atoms with Crippen molar-refractivity contribution in [2.24, 2.45) is 11.8 Å². The molecule has 6 heteroatoms. The summed E-state index contributed by atoms with van der Waals surface area (Å²) in [6, 6.07) is 0. The quantitative estimate of drug-likeness (QED) is 0.0343. The summed E-state index contributed by atoms with van der Waals surface area (Å²) < 4.78 is 16.9. The van der Waals surface area contributed by atoms with Gasteiger partial charge in [-0.1, -0.05) is 317 Å². The molecule has 0 aromatic rings. The monoisotopic (exact) mass is 975 g/mol. The Morgan fingerprint density at radius 3 is 0.754 bits per heavy atom. The molecule has 0 amide bonds. The molecule has 69 heavy (non-hydrogen) atoms. The van der Waals surface area contributed by atoms with Crippen LogP contribution in [0.15, 0.2) is 0 Å². The van der Waals surface area contributed by atoms with Crippen molar-refractivity contribution in [3.05, 3.63) is 0 Å². The molecular formula is C63H122O6. The zero-order valence-electron chi connectivity index (χ0n) is 47.5. The summed E-state index contributed by atoms with van der Waals surface area (Å²) in [5.41, 5.74) is 0. The zero-order valence-corrected chi connectivity index (χ0v) is 47.5. The van der Waals surface area contributed by atoms with E-state index >= 15 is 0 Å². The van der Waals surface area contributed by atoms with E-state index in [1.165, 1.54) is 244 Å². The highest BCUT2D eigenvalue weighted by Gasteiger charge is 2.19. The highest BCUT2D eigenvalue weighted by atomic mass is 16.6. The molecule has 0 bridgehead atoms. The van der Waals surface area contributed by atoms with Gasteiger partial charge < -0.3 is 14.2 Å². The minimum Gasteiger partial charge on any atom is -0.462 e. The molecule has 0 N–H and O–H groups in total. The number of hydrogen-bond donors (Lipinski definition) is 0. The van der Waals surface area contributed by atoms with Gasteiger partial charge in [-0.15, -0.1) is 0 Å². The number of rotatable bonds is 57. The first-order chi connectivity index (χ1) is 33.8. The van der Waals surface area contributed by atoms with Crippen molar-refractivity contribution in [2.45, 2.75) is 362 Å². The molecule has 0 aliphatic heterocycles. The summed E-state index contributed by atoms with van der Waals surface area (Å²) in [7, 11) is 0. The van der Waals surface area contributed by atoms with Gasteiger partial charge in [0.2, 0.25) is 0 Å². The van der Waals surface area contributed by atoms with E-state index in [-0.39, 0.29) is 31.1 Å². The van der Waals surface area contributed by atoms with E-state index in [0.29, 0.717) is 19.3 Å². The molecule has 2 unspecified atom stereocenters. The van der Waals surface area contributed by atoms with Crippen LogP contribution in [-0.4, -0.2) is 37.2 Å². The fourth-order valence-corrected chi connectivity index (χ4v) is 9.69. The number of ether oxygens (including phenoxy) is 3.